The Hall–Kier alpha value is -3.80. The van der Waals surface area contributed by atoms with Crippen LogP contribution in [0, 0.1) is 12.3 Å². The molecule has 1 heterocycles. The van der Waals surface area contributed by atoms with Crippen LogP contribution in [-0.2, 0) is 9.53 Å². The molecule has 8 nitrogen and oxygen atoms in total. The lowest BCUT2D eigenvalue weighted by Crippen LogP contribution is -2.41. The number of carbonyl (C=O) groups is 2. The molecule has 34 heavy (non-hydrogen) atoms. The molecule has 2 N–H and O–H groups in total. The summed E-state index contributed by atoms with van der Waals surface area (Å²) in [4.78, 5) is 27.4. The lowest BCUT2D eigenvalue weighted by Gasteiger charge is -2.26. The van der Waals surface area contributed by atoms with Crippen LogP contribution in [0.15, 0.2) is 48.5 Å². The molecule has 0 atom stereocenters. The number of nitrogens with one attached hydrogen (secondary N) is 2. The summed E-state index contributed by atoms with van der Waals surface area (Å²) in [6.07, 6.45) is 8.26. The summed E-state index contributed by atoms with van der Waals surface area (Å²) in [5.41, 5.74) is 1.59. The van der Waals surface area contributed by atoms with Crippen molar-refractivity contribution in [2.45, 2.75) is 0 Å². The number of para-hydroxylation sites is 1. The minimum absolute atomic E-state index is 0.133. The number of terminal acetylenes is 1. The second-order valence-corrected chi connectivity index (χ2v) is 7.48. The Kier molecular flexibility index (Phi) is 9.52. The highest BCUT2D eigenvalue weighted by atomic mass is 16.5. The number of methoxy groups -OCH3 is 1. The fourth-order valence-electron chi connectivity index (χ4n) is 3.41. The molecular formula is C26H29N3O5. The van der Waals surface area contributed by atoms with E-state index in [1.165, 1.54) is 13.2 Å². The third kappa shape index (κ3) is 7.37. The first-order valence-corrected chi connectivity index (χ1v) is 11.0. The molecule has 0 aromatic heterocycles. The van der Waals surface area contributed by atoms with Crippen molar-refractivity contribution in [3.05, 3.63) is 59.7 Å². The first-order chi connectivity index (χ1) is 16.6. The summed E-state index contributed by atoms with van der Waals surface area (Å²) < 4.78 is 16.1. The summed E-state index contributed by atoms with van der Waals surface area (Å²) in [6.45, 7) is 4.56. The smallest absolute Gasteiger partial charge is 0.253 e. The second-order valence-electron chi connectivity index (χ2n) is 7.48. The van der Waals surface area contributed by atoms with E-state index in [0.717, 1.165) is 25.2 Å². The molecule has 0 radical (unpaired) electrons. The quantitative estimate of drug-likeness (QED) is 0.416. The molecule has 0 aliphatic carbocycles. The first-order valence-electron chi connectivity index (χ1n) is 11.0. The van der Waals surface area contributed by atoms with Gasteiger partial charge >= 0.3 is 0 Å². The highest BCUT2D eigenvalue weighted by molar-refractivity contribution is 6.07. The lowest BCUT2D eigenvalue weighted by molar-refractivity contribution is -0.111. The molecule has 8 heteroatoms. The van der Waals surface area contributed by atoms with E-state index in [1.54, 1.807) is 48.5 Å². The van der Waals surface area contributed by atoms with E-state index in [1.807, 2.05) is 0 Å². The van der Waals surface area contributed by atoms with Crippen LogP contribution in [0.25, 0.3) is 6.08 Å². The van der Waals surface area contributed by atoms with Crippen LogP contribution in [0.2, 0.25) is 0 Å². The molecule has 1 aliphatic heterocycles. The number of carbonyl (C=O) groups excluding carboxylic acids is 2. The van der Waals surface area contributed by atoms with E-state index in [9.17, 15) is 9.59 Å². The van der Waals surface area contributed by atoms with Crippen LogP contribution >= 0.6 is 0 Å². The van der Waals surface area contributed by atoms with Crippen molar-refractivity contribution in [1.82, 2.24) is 10.2 Å². The van der Waals surface area contributed by atoms with Crippen molar-refractivity contribution in [3.63, 3.8) is 0 Å². The Labute approximate surface area is 199 Å². The Bertz CT molecular complexity index is 1050. The van der Waals surface area contributed by atoms with E-state index in [0.29, 0.717) is 42.5 Å². The van der Waals surface area contributed by atoms with Gasteiger partial charge in [-0.15, -0.1) is 6.42 Å². The lowest BCUT2D eigenvalue weighted by atomic mass is 10.1. The van der Waals surface area contributed by atoms with E-state index in [2.05, 4.69) is 21.5 Å². The molecule has 0 unspecified atom stereocenters. The SMILES string of the molecule is C#CCOc1ccc(/C=C/C(=O)Nc2ccccc2C(=O)NCCN2CCOCC2)cc1OC. The van der Waals surface area contributed by atoms with Gasteiger partial charge in [0.25, 0.3) is 5.91 Å². The molecule has 0 bridgehead atoms. The molecule has 1 aliphatic rings. The Morgan fingerprint density at radius 1 is 1.18 bits per heavy atom. The van der Waals surface area contributed by atoms with Crippen LogP contribution in [0.5, 0.6) is 11.5 Å². The average molecular weight is 464 g/mol. The predicted molar refractivity (Wildman–Crippen MR) is 131 cm³/mol. The van der Waals surface area contributed by atoms with Crippen molar-refractivity contribution >= 4 is 23.6 Å². The van der Waals surface area contributed by atoms with Crippen molar-refractivity contribution < 1.29 is 23.8 Å². The topological polar surface area (TPSA) is 89.1 Å². The van der Waals surface area contributed by atoms with Crippen molar-refractivity contribution in [3.8, 4) is 23.8 Å². The third-order valence-electron chi connectivity index (χ3n) is 5.17. The average Bonchev–Trinajstić information content (AvgIpc) is 2.87. The molecule has 0 spiro atoms. The standard InChI is InChI=1S/C26H29N3O5/c1-3-16-34-23-10-8-20(19-24(23)32-2)9-11-25(30)28-22-7-5-4-6-21(22)26(31)27-12-13-29-14-17-33-18-15-29/h1,4-11,19H,12-18H2,2H3,(H,27,31)(H,28,30)/b11-9+. The number of amides is 2. The Balaban J connectivity index is 1.58. The number of morpholine rings is 1. The van der Waals surface area contributed by atoms with E-state index >= 15 is 0 Å². The van der Waals surface area contributed by atoms with Crippen LogP contribution < -0.4 is 20.1 Å². The number of rotatable bonds is 10. The molecule has 3 rings (SSSR count). The van der Waals surface area contributed by atoms with Gasteiger partial charge < -0.3 is 24.8 Å². The Morgan fingerprint density at radius 2 is 1.97 bits per heavy atom. The van der Waals surface area contributed by atoms with Gasteiger partial charge in [-0.1, -0.05) is 24.1 Å². The maximum Gasteiger partial charge on any atom is 0.253 e. The normalized spacial score (nSPS) is 13.8. The molecule has 2 aromatic rings. The van der Waals surface area contributed by atoms with E-state index < -0.39 is 0 Å². The zero-order chi connectivity index (χ0) is 24.2. The second kappa shape index (κ2) is 13.0. The molecule has 178 valence electrons. The van der Waals surface area contributed by atoms with Gasteiger partial charge in [0.15, 0.2) is 11.5 Å². The number of anilines is 1. The van der Waals surface area contributed by atoms with Crippen LogP contribution in [0.4, 0.5) is 5.69 Å². The van der Waals surface area contributed by atoms with Gasteiger partial charge in [0.05, 0.1) is 31.6 Å². The van der Waals surface area contributed by atoms with Crippen molar-refractivity contribution in [1.29, 1.82) is 0 Å². The van der Waals surface area contributed by atoms with Gasteiger partial charge in [0, 0.05) is 32.3 Å². The van der Waals surface area contributed by atoms with Gasteiger partial charge in [0.1, 0.15) is 6.61 Å². The molecule has 2 amide bonds. The molecule has 1 saturated heterocycles. The minimum Gasteiger partial charge on any atom is -0.493 e. The maximum absolute atomic E-state index is 12.7. The van der Waals surface area contributed by atoms with E-state index in [4.69, 9.17) is 20.6 Å². The fraction of sp³-hybridized carbons (Fsp3) is 0.308. The largest absolute Gasteiger partial charge is 0.493 e. The molecule has 0 saturated carbocycles. The highest BCUT2D eigenvalue weighted by Crippen LogP contribution is 2.28. The zero-order valence-electron chi connectivity index (χ0n) is 19.2. The van der Waals surface area contributed by atoms with Crippen molar-refractivity contribution in [2.75, 3.05) is 58.4 Å². The van der Waals surface area contributed by atoms with Gasteiger partial charge in [-0.2, -0.15) is 0 Å². The van der Waals surface area contributed by atoms with E-state index in [-0.39, 0.29) is 18.4 Å². The summed E-state index contributed by atoms with van der Waals surface area (Å²) in [5, 5.41) is 5.70. The van der Waals surface area contributed by atoms with Crippen LogP contribution in [0.1, 0.15) is 15.9 Å². The number of ether oxygens (including phenoxy) is 3. The van der Waals surface area contributed by atoms with Gasteiger partial charge in [0.2, 0.25) is 5.91 Å². The summed E-state index contributed by atoms with van der Waals surface area (Å²) in [5.74, 6) is 2.84. The zero-order valence-corrected chi connectivity index (χ0v) is 19.2. The van der Waals surface area contributed by atoms with Crippen molar-refractivity contribution in [2.24, 2.45) is 0 Å². The highest BCUT2D eigenvalue weighted by Gasteiger charge is 2.14. The molecular weight excluding hydrogens is 434 g/mol. The monoisotopic (exact) mass is 463 g/mol. The number of hydrogen-bond acceptors (Lipinski definition) is 6. The summed E-state index contributed by atoms with van der Waals surface area (Å²) >= 11 is 0. The number of nitrogens with zero attached hydrogens (tertiary/aromatic N) is 1. The van der Waals surface area contributed by atoms with Gasteiger partial charge in [-0.25, -0.2) is 0 Å². The number of hydrogen-bond donors (Lipinski definition) is 2. The predicted octanol–water partition coefficient (Wildman–Crippen LogP) is 2.42. The third-order valence-corrected chi connectivity index (χ3v) is 5.17. The summed E-state index contributed by atoms with van der Waals surface area (Å²) in [6, 6.07) is 12.2. The van der Waals surface area contributed by atoms with Gasteiger partial charge in [-0.3, -0.25) is 14.5 Å². The Morgan fingerprint density at radius 3 is 2.74 bits per heavy atom. The maximum atomic E-state index is 12.7. The number of benzene rings is 2. The first kappa shape index (κ1) is 24.8. The summed E-state index contributed by atoms with van der Waals surface area (Å²) in [7, 11) is 1.53. The fourth-order valence-corrected chi connectivity index (χ4v) is 3.41. The molecule has 2 aromatic carbocycles. The molecule has 1 fully saturated rings. The van der Waals surface area contributed by atoms with Crippen LogP contribution in [-0.4, -0.2) is 69.8 Å². The van der Waals surface area contributed by atoms with Gasteiger partial charge in [-0.05, 0) is 35.9 Å². The van der Waals surface area contributed by atoms with Crippen LogP contribution in [0.3, 0.4) is 0 Å². The minimum atomic E-state index is -0.361.